The van der Waals surface area contributed by atoms with E-state index in [4.69, 9.17) is 4.74 Å². The molecule has 3 amide bonds. The topological polar surface area (TPSA) is 73.9 Å². The van der Waals surface area contributed by atoms with Crippen LogP contribution in [0.4, 0.5) is 10.5 Å². The van der Waals surface area contributed by atoms with Gasteiger partial charge >= 0.3 is 6.03 Å². The first-order valence-electron chi connectivity index (χ1n) is 9.89. The van der Waals surface area contributed by atoms with E-state index in [1.54, 1.807) is 6.07 Å². The Morgan fingerprint density at radius 3 is 2.59 bits per heavy atom. The molecule has 0 atom stereocenters. The summed E-state index contributed by atoms with van der Waals surface area (Å²) in [5, 5.41) is 5.76. The predicted molar refractivity (Wildman–Crippen MR) is 105 cm³/mol. The molecule has 148 valence electrons. The summed E-state index contributed by atoms with van der Waals surface area (Å²) < 4.78 is 5.34. The number of nitrogens with one attached hydrogen (secondary N) is 2. The number of likely N-dealkylation sites (tertiary alicyclic amines) is 1. The molecule has 7 nitrogen and oxygen atoms in total. The molecule has 2 N–H and O–H groups in total. The molecule has 7 heteroatoms. The van der Waals surface area contributed by atoms with E-state index in [-0.39, 0.29) is 11.9 Å². The third-order valence-corrected chi connectivity index (χ3v) is 5.17. The Morgan fingerprint density at radius 2 is 1.85 bits per heavy atom. The second-order valence-electron chi connectivity index (χ2n) is 7.19. The maximum atomic E-state index is 12.8. The fourth-order valence-electron chi connectivity index (χ4n) is 3.63. The van der Waals surface area contributed by atoms with Crippen molar-refractivity contribution in [1.29, 1.82) is 0 Å². The van der Waals surface area contributed by atoms with Gasteiger partial charge in [0.2, 0.25) is 0 Å². The van der Waals surface area contributed by atoms with Crippen LogP contribution in [0.15, 0.2) is 18.2 Å². The van der Waals surface area contributed by atoms with Gasteiger partial charge in [-0.3, -0.25) is 9.69 Å². The van der Waals surface area contributed by atoms with Crippen molar-refractivity contribution in [2.75, 3.05) is 57.8 Å². The zero-order chi connectivity index (χ0) is 19.1. The van der Waals surface area contributed by atoms with Crippen molar-refractivity contribution in [3.63, 3.8) is 0 Å². The van der Waals surface area contributed by atoms with Crippen molar-refractivity contribution in [2.45, 2.75) is 26.2 Å². The molecular formula is C20H30N4O3. The number of benzene rings is 1. The second-order valence-corrected chi connectivity index (χ2v) is 7.19. The molecule has 0 saturated carbocycles. The number of nitrogens with zero attached hydrogens (tertiary/aromatic N) is 2. The molecule has 27 heavy (non-hydrogen) atoms. The molecule has 0 unspecified atom stereocenters. The van der Waals surface area contributed by atoms with Gasteiger partial charge < -0.3 is 20.3 Å². The summed E-state index contributed by atoms with van der Waals surface area (Å²) in [7, 11) is 0. The Morgan fingerprint density at radius 1 is 1.11 bits per heavy atom. The van der Waals surface area contributed by atoms with E-state index >= 15 is 0 Å². The standard InChI is InChI=1S/C20H30N4O3/c1-16-6-4-7-17(18(16)19(25)24-10-2-3-11-24)22-20(26)21-8-5-9-23-12-14-27-15-13-23/h4,6-7H,2-3,5,8-15H2,1H3,(H2,21,22,26). The van der Waals surface area contributed by atoms with Gasteiger partial charge in [-0.05, 0) is 44.4 Å². The van der Waals surface area contributed by atoms with E-state index in [0.29, 0.717) is 17.8 Å². The molecule has 1 aromatic rings. The number of anilines is 1. The Hall–Kier alpha value is -2.12. The molecule has 3 rings (SSSR count). The Balaban J connectivity index is 1.51. The van der Waals surface area contributed by atoms with Crippen LogP contribution in [0.3, 0.4) is 0 Å². The van der Waals surface area contributed by atoms with E-state index in [2.05, 4.69) is 15.5 Å². The molecule has 0 radical (unpaired) electrons. The van der Waals surface area contributed by atoms with Crippen LogP contribution in [0.5, 0.6) is 0 Å². The minimum absolute atomic E-state index is 0.00761. The number of amides is 3. The van der Waals surface area contributed by atoms with E-state index in [1.165, 1.54) is 0 Å². The molecule has 1 aromatic carbocycles. The minimum Gasteiger partial charge on any atom is -0.379 e. The van der Waals surface area contributed by atoms with Crippen LogP contribution < -0.4 is 10.6 Å². The number of ether oxygens (including phenoxy) is 1. The fourth-order valence-corrected chi connectivity index (χ4v) is 3.63. The number of morpholine rings is 1. The van der Waals surface area contributed by atoms with Gasteiger partial charge in [-0.1, -0.05) is 12.1 Å². The quantitative estimate of drug-likeness (QED) is 0.748. The SMILES string of the molecule is Cc1cccc(NC(=O)NCCCN2CCOCC2)c1C(=O)N1CCCC1. The van der Waals surface area contributed by atoms with Gasteiger partial charge in [0, 0.05) is 32.7 Å². The van der Waals surface area contributed by atoms with E-state index < -0.39 is 0 Å². The lowest BCUT2D eigenvalue weighted by Gasteiger charge is -2.26. The highest BCUT2D eigenvalue weighted by molar-refractivity contribution is 6.04. The second kappa shape index (κ2) is 9.71. The maximum absolute atomic E-state index is 12.8. The molecule has 0 aliphatic carbocycles. The average molecular weight is 374 g/mol. The van der Waals surface area contributed by atoms with Crippen molar-refractivity contribution in [1.82, 2.24) is 15.1 Å². The number of carbonyl (C=O) groups excluding carboxylic acids is 2. The first kappa shape index (κ1) is 19.6. The number of urea groups is 1. The summed E-state index contributed by atoms with van der Waals surface area (Å²) >= 11 is 0. The summed E-state index contributed by atoms with van der Waals surface area (Å²) in [6, 6.07) is 5.31. The summed E-state index contributed by atoms with van der Waals surface area (Å²) in [5.41, 5.74) is 2.07. The fraction of sp³-hybridized carbons (Fsp3) is 0.600. The highest BCUT2D eigenvalue weighted by Crippen LogP contribution is 2.23. The molecule has 2 aliphatic heterocycles. The van der Waals surface area contributed by atoms with Crippen LogP contribution in [0.1, 0.15) is 35.2 Å². The molecule has 0 bridgehead atoms. The van der Waals surface area contributed by atoms with E-state index in [9.17, 15) is 9.59 Å². The van der Waals surface area contributed by atoms with Gasteiger partial charge in [-0.15, -0.1) is 0 Å². The van der Waals surface area contributed by atoms with Crippen LogP contribution in [-0.4, -0.2) is 74.2 Å². The van der Waals surface area contributed by atoms with Crippen LogP contribution in [-0.2, 0) is 4.74 Å². The van der Waals surface area contributed by atoms with Crippen molar-refractivity contribution in [2.24, 2.45) is 0 Å². The molecule has 2 heterocycles. The van der Waals surface area contributed by atoms with Crippen molar-refractivity contribution in [3.8, 4) is 0 Å². The lowest BCUT2D eigenvalue weighted by atomic mass is 10.1. The van der Waals surface area contributed by atoms with Gasteiger partial charge in [0.1, 0.15) is 0 Å². The van der Waals surface area contributed by atoms with Crippen LogP contribution in [0, 0.1) is 6.92 Å². The maximum Gasteiger partial charge on any atom is 0.319 e. The van der Waals surface area contributed by atoms with Gasteiger partial charge in [0.25, 0.3) is 5.91 Å². The Labute approximate surface area is 161 Å². The predicted octanol–water partition coefficient (Wildman–Crippen LogP) is 2.07. The number of hydrogen-bond acceptors (Lipinski definition) is 4. The first-order chi connectivity index (χ1) is 13.1. The third-order valence-electron chi connectivity index (χ3n) is 5.17. The van der Waals surface area contributed by atoms with Crippen LogP contribution >= 0.6 is 0 Å². The Kier molecular flexibility index (Phi) is 7.06. The smallest absolute Gasteiger partial charge is 0.319 e. The highest BCUT2D eigenvalue weighted by Gasteiger charge is 2.24. The molecule has 0 aromatic heterocycles. The molecule has 2 fully saturated rings. The van der Waals surface area contributed by atoms with Gasteiger partial charge in [-0.25, -0.2) is 4.79 Å². The lowest BCUT2D eigenvalue weighted by Crippen LogP contribution is -2.38. The monoisotopic (exact) mass is 374 g/mol. The third kappa shape index (κ3) is 5.43. The Bertz CT molecular complexity index is 653. The number of rotatable bonds is 6. The normalized spacial score (nSPS) is 17.7. The van der Waals surface area contributed by atoms with Gasteiger partial charge in [0.15, 0.2) is 0 Å². The van der Waals surface area contributed by atoms with Crippen molar-refractivity contribution in [3.05, 3.63) is 29.3 Å². The van der Waals surface area contributed by atoms with Gasteiger partial charge in [0.05, 0.1) is 24.5 Å². The van der Waals surface area contributed by atoms with Crippen LogP contribution in [0.2, 0.25) is 0 Å². The molecular weight excluding hydrogens is 344 g/mol. The summed E-state index contributed by atoms with van der Waals surface area (Å²) in [6.07, 6.45) is 2.98. The van der Waals surface area contributed by atoms with E-state index in [1.807, 2.05) is 24.0 Å². The summed E-state index contributed by atoms with van der Waals surface area (Å²) in [4.78, 5) is 29.3. The van der Waals surface area contributed by atoms with Gasteiger partial charge in [-0.2, -0.15) is 0 Å². The zero-order valence-corrected chi connectivity index (χ0v) is 16.1. The first-order valence-corrected chi connectivity index (χ1v) is 9.89. The number of hydrogen-bond donors (Lipinski definition) is 2. The minimum atomic E-state index is -0.266. The largest absolute Gasteiger partial charge is 0.379 e. The summed E-state index contributed by atoms with van der Waals surface area (Å²) in [6.45, 7) is 8.53. The van der Waals surface area contributed by atoms with Crippen molar-refractivity contribution < 1.29 is 14.3 Å². The zero-order valence-electron chi connectivity index (χ0n) is 16.1. The van der Waals surface area contributed by atoms with E-state index in [0.717, 1.165) is 70.8 Å². The van der Waals surface area contributed by atoms with Crippen LogP contribution in [0.25, 0.3) is 0 Å². The van der Waals surface area contributed by atoms with Crippen molar-refractivity contribution >= 4 is 17.6 Å². The highest BCUT2D eigenvalue weighted by atomic mass is 16.5. The molecule has 2 aliphatic rings. The lowest BCUT2D eigenvalue weighted by molar-refractivity contribution is 0.0375. The molecule has 2 saturated heterocycles. The number of aryl methyl sites for hydroxylation is 1. The summed E-state index contributed by atoms with van der Waals surface area (Å²) in [5.74, 6) is 0.00761. The number of carbonyl (C=O) groups is 2. The average Bonchev–Trinajstić information content (AvgIpc) is 3.21. The molecule has 0 spiro atoms.